The highest BCUT2D eigenvalue weighted by atomic mass is 32.1. The molecule has 0 aliphatic carbocycles. The second kappa shape index (κ2) is 6.57. The number of nitrogens with zero attached hydrogens (tertiary/aromatic N) is 2. The Morgan fingerprint density at radius 2 is 1.54 bits per heavy atom. The van der Waals surface area contributed by atoms with Gasteiger partial charge in [-0.3, -0.25) is 4.79 Å². The fraction of sp³-hybridized carbons (Fsp3) is 0.412. The third kappa shape index (κ3) is 3.06. The van der Waals surface area contributed by atoms with Crippen LogP contribution in [0.4, 0.5) is 4.79 Å². The number of urea groups is 1. The molecule has 4 heterocycles. The van der Waals surface area contributed by atoms with Crippen molar-refractivity contribution in [1.82, 2.24) is 15.1 Å². The van der Waals surface area contributed by atoms with Crippen molar-refractivity contribution in [2.45, 2.75) is 25.9 Å². The average molecular weight is 361 g/mol. The van der Waals surface area contributed by atoms with Gasteiger partial charge in [0, 0.05) is 35.9 Å². The summed E-state index contributed by atoms with van der Waals surface area (Å²) in [6, 6.07) is 4.02. The Balaban J connectivity index is 1.29. The van der Waals surface area contributed by atoms with Crippen molar-refractivity contribution in [3.8, 4) is 0 Å². The molecule has 0 spiro atoms. The standard InChI is InChI=1S/C17H19N3O2S2/c21-16(19-5-1-14-12(10-19)3-7-23-14)9-18-17(22)20-6-2-15-13(11-20)4-8-24-15/h3-4,7-8H,1-2,5-6,9-11H2,(H,18,22). The molecule has 0 saturated carbocycles. The van der Waals surface area contributed by atoms with Gasteiger partial charge in [0.1, 0.15) is 0 Å². The summed E-state index contributed by atoms with van der Waals surface area (Å²) in [4.78, 5) is 31.1. The third-order valence-electron chi connectivity index (χ3n) is 4.65. The van der Waals surface area contributed by atoms with Crippen molar-refractivity contribution in [1.29, 1.82) is 0 Å². The van der Waals surface area contributed by atoms with Gasteiger partial charge in [-0.05, 0) is 46.9 Å². The number of nitrogens with one attached hydrogen (secondary N) is 1. The number of rotatable bonds is 2. The molecule has 0 fully saturated rings. The van der Waals surface area contributed by atoms with Crippen LogP contribution in [0.3, 0.4) is 0 Å². The van der Waals surface area contributed by atoms with Crippen LogP contribution in [0.5, 0.6) is 0 Å². The summed E-state index contributed by atoms with van der Waals surface area (Å²) < 4.78 is 0. The minimum absolute atomic E-state index is 0.00608. The minimum Gasteiger partial charge on any atom is -0.336 e. The van der Waals surface area contributed by atoms with E-state index < -0.39 is 0 Å². The van der Waals surface area contributed by atoms with Crippen molar-refractivity contribution in [2.24, 2.45) is 0 Å². The van der Waals surface area contributed by atoms with E-state index in [1.54, 1.807) is 27.6 Å². The minimum atomic E-state index is -0.145. The van der Waals surface area contributed by atoms with Gasteiger partial charge >= 0.3 is 6.03 Å². The molecule has 5 nitrogen and oxygen atoms in total. The number of carbonyl (C=O) groups is 2. The summed E-state index contributed by atoms with van der Waals surface area (Å²) in [6.45, 7) is 2.83. The van der Waals surface area contributed by atoms with E-state index in [0.717, 1.165) is 25.9 Å². The summed E-state index contributed by atoms with van der Waals surface area (Å²) in [5.41, 5.74) is 2.47. The molecule has 0 aromatic carbocycles. The van der Waals surface area contributed by atoms with Crippen LogP contribution in [0.2, 0.25) is 0 Å². The van der Waals surface area contributed by atoms with Crippen molar-refractivity contribution < 1.29 is 9.59 Å². The number of hydrogen-bond acceptors (Lipinski definition) is 4. The SMILES string of the molecule is O=C(CNC(=O)N1CCc2sccc2C1)N1CCc2sccc2C1. The van der Waals surface area contributed by atoms with Gasteiger partial charge in [0.15, 0.2) is 0 Å². The van der Waals surface area contributed by atoms with Crippen molar-refractivity contribution in [3.05, 3.63) is 43.8 Å². The smallest absolute Gasteiger partial charge is 0.318 e. The van der Waals surface area contributed by atoms with Crippen LogP contribution in [0.1, 0.15) is 20.9 Å². The van der Waals surface area contributed by atoms with Gasteiger partial charge in [0.05, 0.1) is 6.54 Å². The molecule has 126 valence electrons. The van der Waals surface area contributed by atoms with Gasteiger partial charge in [-0.2, -0.15) is 0 Å². The lowest BCUT2D eigenvalue weighted by molar-refractivity contribution is -0.131. The van der Waals surface area contributed by atoms with E-state index in [9.17, 15) is 9.59 Å². The molecule has 0 atom stereocenters. The Morgan fingerprint density at radius 3 is 2.21 bits per heavy atom. The maximum absolute atomic E-state index is 12.4. The summed E-state index contributed by atoms with van der Waals surface area (Å²) in [5.74, 6) is -0.00608. The molecule has 2 aliphatic rings. The third-order valence-corrected chi connectivity index (χ3v) is 6.69. The van der Waals surface area contributed by atoms with Crippen molar-refractivity contribution in [3.63, 3.8) is 0 Å². The first-order chi connectivity index (χ1) is 11.7. The summed E-state index contributed by atoms with van der Waals surface area (Å²) in [6.07, 6.45) is 1.82. The molecule has 24 heavy (non-hydrogen) atoms. The predicted octanol–water partition coefficient (Wildman–Crippen LogP) is 2.46. The van der Waals surface area contributed by atoms with E-state index in [2.05, 4.69) is 28.2 Å². The number of thiophene rings is 2. The quantitative estimate of drug-likeness (QED) is 0.893. The van der Waals surface area contributed by atoms with Crippen LogP contribution in [-0.4, -0.2) is 41.4 Å². The Bertz CT molecular complexity index is 703. The molecule has 0 unspecified atom stereocenters. The van der Waals surface area contributed by atoms with Crippen LogP contribution in [0, 0.1) is 0 Å². The van der Waals surface area contributed by atoms with Crippen LogP contribution < -0.4 is 5.32 Å². The van der Waals surface area contributed by atoms with Gasteiger partial charge in [0.25, 0.3) is 0 Å². The fourth-order valence-corrected chi connectivity index (χ4v) is 5.04. The largest absolute Gasteiger partial charge is 0.336 e. The highest BCUT2D eigenvalue weighted by Gasteiger charge is 2.24. The summed E-state index contributed by atoms with van der Waals surface area (Å²) in [5, 5.41) is 6.94. The highest BCUT2D eigenvalue weighted by molar-refractivity contribution is 7.10. The molecule has 0 bridgehead atoms. The lowest BCUT2D eigenvalue weighted by atomic mass is 10.1. The Morgan fingerprint density at radius 1 is 0.958 bits per heavy atom. The Kier molecular flexibility index (Phi) is 4.28. The number of hydrogen-bond donors (Lipinski definition) is 1. The highest BCUT2D eigenvalue weighted by Crippen LogP contribution is 2.25. The van der Waals surface area contributed by atoms with E-state index in [1.807, 2.05) is 4.90 Å². The molecular formula is C17H19N3O2S2. The monoisotopic (exact) mass is 361 g/mol. The normalized spacial score (nSPS) is 16.5. The molecule has 7 heteroatoms. The molecule has 0 saturated heterocycles. The Hall–Kier alpha value is -1.86. The zero-order valence-electron chi connectivity index (χ0n) is 13.3. The number of carbonyl (C=O) groups excluding carboxylic acids is 2. The van der Waals surface area contributed by atoms with E-state index in [4.69, 9.17) is 0 Å². The summed E-state index contributed by atoms with van der Waals surface area (Å²) >= 11 is 3.51. The van der Waals surface area contributed by atoms with Gasteiger partial charge in [-0.15, -0.1) is 22.7 Å². The first-order valence-corrected chi connectivity index (χ1v) is 9.87. The molecule has 3 amide bonds. The van der Waals surface area contributed by atoms with Gasteiger partial charge in [0.2, 0.25) is 5.91 Å². The topological polar surface area (TPSA) is 52.7 Å². The average Bonchev–Trinajstić information content (AvgIpc) is 3.26. The molecule has 2 aliphatic heterocycles. The van der Waals surface area contributed by atoms with Crippen molar-refractivity contribution >= 4 is 34.6 Å². The van der Waals surface area contributed by atoms with E-state index in [1.165, 1.54) is 20.9 Å². The first kappa shape index (κ1) is 15.7. The molecule has 1 N–H and O–H groups in total. The fourth-order valence-electron chi connectivity index (χ4n) is 3.26. The predicted molar refractivity (Wildman–Crippen MR) is 95.3 cm³/mol. The molecule has 4 rings (SSSR count). The Labute approximate surface area is 148 Å². The maximum Gasteiger partial charge on any atom is 0.318 e. The van der Waals surface area contributed by atoms with Gasteiger partial charge in [-0.25, -0.2) is 4.79 Å². The molecule has 0 radical (unpaired) electrons. The number of amides is 3. The first-order valence-electron chi connectivity index (χ1n) is 8.12. The van der Waals surface area contributed by atoms with E-state index >= 15 is 0 Å². The van der Waals surface area contributed by atoms with E-state index in [-0.39, 0.29) is 18.5 Å². The number of fused-ring (bicyclic) bond motifs is 2. The lowest BCUT2D eigenvalue weighted by Crippen LogP contribution is -2.47. The van der Waals surface area contributed by atoms with Crippen LogP contribution in [-0.2, 0) is 30.7 Å². The zero-order valence-corrected chi connectivity index (χ0v) is 14.9. The lowest BCUT2D eigenvalue weighted by Gasteiger charge is -2.29. The molecule has 2 aromatic heterocycles. The van der Waals surface area contributed by atoms with Crippen LogP contribution >= 0.6 is 22.7 Å². The second-order valence-corrected chi connectivity index (χ2v) is 8.13. The summed E-state index contributed by atoms with van der Waals surface area (Å²) in [7, 11) is 0. The molecule has 2 aromatic rings. The van der Waals surface area contributed by atoms with Crippen molar-refractivity contribution in [2.75, 3.05) is 19.6 Å². The van der Waals surface area contributed by atoms with Gasteiger partial charge in [-0.1, -0.05) is 0 Å². The second-order valence-electron chi connectivity index (χ2n) is 6.13. The molecular weight excluding hydrogens is 342 g/mol. The van der Waals surface area contributed by atoms with Gasteiger partial charge < -0.3 is 15.1 Å². The van der Waals surface area contributed by atoms with Crippen LogP contribution in [0.25, 0.3) is 0 Å². The van der Waals surface area contributed by atoms with Crippen LogP contribution in [0.15, 0.2) is 22.9 Å². The zero-order chi connectivity index (χ0) is 16.5. The maximum atomic E-state index is 12.4. The van der Waals surface area contributed by atoms with E-state index in [0.29, 0.717) is 13.1 Å².